The first-order chi connectivity index (χ1) is 8.24. The van der Waals surface area contributed by atoms with Crippen LogP contribution < -0.4 is 5.73 Å². The van der Waals surface area contributed by atoms with Gasteiger partial charge in [0, 0.05) is 16.9 Å². The van der Waals surface area contributed by atoms with Crippen LogP contribution in [0.15, 0.2) is 12.2 Å². The normalized spacial score (nSPS) is 37.6. The van der Waals surface area contributed by atoms with Crippen LogP contribution in [0.25, 0.3) is 0 Å². The monoisotopic (exact) mass is 270 g/mol. The summed E-state index contributed by atoms with van der Waals surface area (Å²) in [5.41, 5.74) is 5.03. The van der Waals surface area contributed by atoms with Crippen molar-refractivity contribution in [2.24, 2.45) is 5.73 Å². The number of rotatable bonds is 2. The minimum Gasteiger partial charge on any atom is -0.466 e. The van der Waals surface area contributed by atoms with E-state index in [1.54, 1.807) is 16.7 Å². The molecule has 0 aliphatic carbocycles. The molecule has 0 aromatic rings. The Labute approximate surface area is 111 Å². The second-order valence-electron chi connectivity index (χ2n) is 5.25. The summed E-state index contributed by atoms with van der Waals surface area (Å²) in [7, 11) is 1.29. The van der Waals surface area contributed by atoms with Gasteiger partial charge in [-0.3, -0.25) is 4.79 Å². The van der Waals surface area contributed by atoms with Crippen molar-refractivity contribution in [3.63, 3.8) is 0 Å². The minimum absolute atomic E-state index is 0.0272. The highest BCUT2D eigenvalue weighted by molar-refractivity contribution is 8.01. The van der Waals surface area contributed by atoms with Crippen molar-refractivity contribution >= 4 is 23.6 Å². The van der Waals surface area contributed by atoms with E-state index in [4.69, 9.17) is 5.73 Å². The van der Waals surface area contributed by atoms with Gasteiger partial charge in [-0.2, -0.15) is 0 Å². The Morgan fingerprint density at radius 1 is 1.56 bits per heavy atom. The lowest BCUT2D eigenvalue weighted by molar-refractivity contribution is -0.151. The molecule has 5 nitrogen and oxygen atoms in total. The van der Waals surface area contributed by atoms with E-state index in [0.29, 0.717) is 0 Å². The number of hydrogen-bond acceptors (Lipinski definition) is 5. The summed E-state index contributed by atoms with van der Waals surface area (Å²) in [4.78, 5) is 25.0. The Bertz CT molecular complexity index is 435. The van der Waals surface area contributed by atoms with Crippen molar-refractivity contribution in [3.05, 3.63) is 12.2 Å². The number of fused-ring (bicyclic) bond motifs is 1. The fourth-order valence-corrected chi connectivity index (χ4v) is 3.93. The van der Waals surface area contributed by atoms with E-state index >= 15 is 0 Å². The maximum atomic E-state index is 12.1. The van der Waals surface area contributed by atoms with Gasteiger partial charge in [0.05, 0.1) is 7.11 Å². The number of nitrogens with two attached hydrogens (primary N) is 1. The average Bonchev–Trinajstić information content (AvgIpc) is 2.55. The van der Waals surface area contributed by atoms with Crippen LogP contribution in [0.5, 0.6) is 0 Å². The van der Waals surface area contributed by atoms with Gasteiger partial charge < -0.3 is 15.4 Å². The lowest BCUT2D eigenvalue weighted by Gasteiger charge is -2.49. The molecule has 2 rings (SSSR count). The molecule has 2 unspecified atom stereocenters. The SMILES string of the molecule is COC(=O)/C=C/C1(N)C(=O)N2C1SC(C)(C)[C@@H]2C. The average molecular weight is 270 g/mol. The summed E-state index contributed by atoms with van der Waals surface area (Å²) in [6.07, 6.45) is 2.69. The van der Waals surface area contributed by atoms with Crippen molar-refractivity contribution in [2.75, 3.05) is 7.11 Å². The number of amides is 1. The van der Waals surface area contributed by atoms with E-state index in [1.165, 1.54) is 19.3 Å². The van der Waals surface area contributed by atoms with Gasteiger partial charge in [-0.05, 0) is 26.8 Å². The Hall–Kier alpha value is -1.01. The summed E-state index contributed by atoms with van der Waals surface area (Å²) in [6, 6.07) is 0.142. The molecule has 2 aliphatic rings. The number of β-lactam (4-membered cyclic amide) rings is 1. The fourth-order valence-electron chi connectivity index (χ4n) is 2.28. The molecule has 6 heteroatoms. The van der Waals surface area contributed by atoms with Gasteiger partial charge in [0.2, 0.25) is 0 Å². The van der Waals surface area contributed by atoms with Gasteiger partial charge in [-0.15, -0.1) is 11.8 Å². The van der Waals surface area contributed by atoms with E-state index in [9.17, 15) is 9.59 Å². The van der Waals surface area contributed by atoms with Gasteiger partial charge in [-0.1, -0.05) is 0 Å². The highest BCUT2D eigenvalue weighted by Gasteiger charge is 2.66. The first-order valence-corrected chi connectivity index (χ1v) is 6.68. The second-order valence-corrected chi connectivity index (χ2v) is 6.99. The Kier molecular flexibility index (Phi) is 2.98. The third-order valence-electron chi connectivity index (χ3n) is 3.80. The number of carbonyl (C=O) groups excluding carboxylic acids is 2. The van der Waals surface area contributed by atoms with Crippen LogP contribution in [0.4, 0.5) is 0 Å². The van der Waals surface area contributed by atoms with Crippen molar-refractivity contribution in [2.45, 2.75) is 42.5 Å². The smallest absolute Gasteiger partial charge is 0.330 e. The number of nitrogens with zero attached hydrogens (tertiary/aromatic N) is 1. The van der Waals surface area contributed by atoms with Gasteiger partial charge in [0.25, 0.3) is 5.91 Å². The highest BCUT2D eigenvalue weighted by atomic mass is 32.2. The predicted molar refractivity (Wildman–Crippen MR) is 69.8 cm³/mol. The zero-order valence-corrected chi connectivity index (χ0v) is 11.8. The number of methoxy groups -OCH3 is 1. The van der Waals surface area contributed by atoms with Crippen LogP contribution in [0.2, 0.25) is 0 Å². The zero-order chi connectivity index (χ0) is 13.7. The van der Waals surface area contributed by atoms with Crippen LogP contribution in [0.1, 0.15) is 20.8 Å². The first kappa shape index (κ1) is 13.4. The number of thioether (sulfide) groups is 1. The zero-order valence-electron chi connectivity index (χ0n) is 11.0. The van der Waals surface area contributed by atoms with E-state index in [0.717, 1.165) is 0 Å². The summed E-state index contributed by atoms with van der Waals surface area (Å²) in [6.45, 7) is 6.21. The maximum Gasteiger partial charge on any atom is 0.330 e. The summed E-state index contributed by atoms with van der Waals surface area (Å²) < 4.78 is 4.48. The number of hydrogen-bond donors (Lipinski definition) is 1. The van der Waals surface area contributed by atoms with Crippen molar-refractivity contribution < 1.29 is 14.3 Å². The molecular formula is C12H18N2O3S. The molecule has 1 amide bonds. The molecule has 18 heavy (non-hydrogen) atoms. The van der Waals surface area contributed by atoms with Gasteiger partial charge in [0.15, 0.2) is 0 Å². The summed E-state index contributed by atoms with van der Waals surface area (Å²) in [5, 5.41) is -0.101. The number of carbonyl (C=O) groups is 2. The van der Waals surface area contributed by atoms with Crippen LogP contribution >= 0.6 is 11.8 Å². The van der Waals surface area contributed by atoms with Crippen LogP contribution in [0.3, 0.4) is 0 Å². The maximum absolute atomic E-state index is 12.1. The number of ether oxygens (including phenoxy) is 1. The van der Waals surface area contributed by atoms with E-state index in [1.807, 2.05) is 6.92 Å². The quantitative estimate of drug-likeness (QED) is 0.449. The molecular weight excluding hydrogens is 252 g/mol. The van der Waals surface area contributed by atoms with Gasteiger partial charge in [-0.25, -0.2) is 4.79 Å². The van der Waals surface area contributed by atoms with Gasteiger partial charge in [0.1, 0.15) is 10.9 Å². The van der Waals surface area contributed by atoms with Crippen LogP contribution in [0, 0.1) is 0 Å². The molecule has 0 bridgehead atoms. The van der Waals surface area contributed by atoms with Crippen molar-refractivity contribution in [1.29, 1.82) is 0 Å². The topological polar surface area (TPSA) is 72.6 Å². The molecule has 0 aromatic carbocycles. The van der Waals surface area contributed by atoms with Crippen LogP contribution in [-0.2, 0) is 14.3 Å². The van der Waals surface area contributed by atoms with E-state index in [-0.39, 0.29) is 22.1 Å². The molecule has 0 aromatic heterocycles. The van der Waals surface area contributed by atoms with Crippen LogP contribution in [-0.4, -0.2) is 45.6 Å². The molecule has 100 valence electrons. The van der Waals surface area contributed by atoms with Crippen molar-refractivity contribution in [3.8, 4) is 0 Å². The van der Waals surface area contributed by atoms with Gasteiger partial charge >= 0.3 is 5.97 Å². The molecule has 2 heterocycles. The molecule has 2 aliphatic heterocycles. The molecule has 0 spiro atoms. The lowest BCUT2D eigenvalue weighted by Crippen LogP contribution is -2.75. The standard InChI is InChI=1S/C12H18N2O3S/c1-7-11(2,3)18-10-12(13,9(16)14(7)10)6-5-8(15)17-4/h5-7,10H,13H2,1-4H3/b6-5+/t7-,10?,12?/m0/s1. The van der Waals surface area contributed by atoms with E-state index < -0.39 is 11.5 Å². The molecule has 2 saturated heterocycles. The summed E-state index contributed by atoms with van der Waals surface area (Å²) >= 11 is 1.67. The lowest BCUT2D eigenvalue weighted by atomic mass is 9.85. The molecule has 0 radical (unpaired) electrons. The largest absolute Gasteiger partial charge is 0.466 e. The molecule has 2 N–H and O–H groups in total. The molecule has 0 saturated carbocycles. The Morgan fingerprint density at radius 3 is 2.72 bits per heavy atom. The second kappa shape index (κ2) is 3.99. The fraction of sp³-hybridized carbons (Fsp3) is 0.667. The molecule has 3 atom stereocenters. The minimum atomic E-state index is -1.08. The Balaban J connectivity index is 2.21. The third-order valence-corrected chi connectivity index (χ3v) is 5.59. The van der Waals surface area contributed by atoms with E-state index in [2.05, 4.69) is 18.6 Å². The first-order valence-electron chi connectivity index (χ1n) is 5.80. The predicted octanol–water partition coefficient (Wildman–Crippen LogP) is 0.495. The molecule has 2 fully saturated rings. The third kappa shape index (κ3) is 1.66. The number of esters is 1. The highest BCUT2D eigenvalue weighted by Crippen LogP contribution is 2.54. The Morgan fingerprint density at radius 2 is 2.17 bits per heavy atom. The van der Waals surface area contributed by atoms with Crippen molar-refractivity contribution in [1.82, 2.24) is 4.90 Å². The summed E-state index contributed by atoms with van der Waals surface area (Å²) in [5.74, 6) is -0.625.